The fraction of sp³-hybridized carbons (Fsp3) is 0.533. The third-order valence-corrected chi connectivity index (χ3v) is 2.32. The van der Waals surface area contributed by atoms with Crippen LogP contribution >= 0.6 is 0 Å². The standard InChI is InChI=1S/C12H20.C2H6.CH2O.H2/c1-6-11(7-2)10(5)12(8-3)9-4;2*1-2;/h6,8H,1,7,9H2,2-5H3;1-2H3;1H2;1H/b11-10+,12-8-;;;. The molecule has 0 amide bonds. The average molecular weight is 226 g/mol. The third kappa shape index (κ3) is 8.22. The first-order chi connectivity index (χ1) is 7.71. The van der Waals surface area contributed by atoms with Crippen molar-refractivity contribution in [2.45, 2.75) is 54.4 Å². The van der Waals surface area contributed by atoms with Gasteiger partial charge in [0.15, 0.2) is 0 Å². The second kappa shape index (κ2) is 16.3. The second-order valence-electron chi connectivity index (χ2n) is 2.88. The van der Waals surface area contributed by atoms with Gasteiger partial charge in [-0.15, -0.1) is 0 Å². The summed E-state index contributed by atoms with van der Waals surface area (Å²) in [6.07, 6.45) is 6.34. The maximum atomic E-state index is 8.00. The van der Waals surface area contributed by atoms with E-state index in [-0.39, 0.29) is 1.43 Å². The molecule has 1 heteroatoms. The number of carbonyl (C=O) groups is 1. The van der Waals surface area contributed by atoms with Crippen LogP contribution in [0, 0.1) is 0 Å². The first kappa shape index (κ1) is 20.3. The fourth-order valence-electron chi connectivity index (χ4n) is 1.45. The van der Waals surface area contributed by atoms with E-state index in [0.717, 1.165) is 12.8 Å². The molecule has 0 saturated carbocycles. The summed E-state index contributed by atoms with van der Waals surface area (Å²) in [4.78, 5) is 8.00. The SMILES string of the molecule is C=C/C(CC)=C(C)\C(=C/C)CC.C=O.CC.[HH]. The molecule has 1 nitrogen and oxygen atoms in total. The van der Waals surface area contributed by atoms with Crippen LogP contribution in [-0.4, -0.2) is 6.79 Å². The first-order valence-corrected chi connectivity index (χ1v) is 5.97. The molecule has 0 aromatic carbocycles. The molecule has 0 aliphatic carbocycles. The lowest BCUT2D eigenvalue weighted by atomic mass is 9.98. The summed E-state index contributed by atoms with van der Waals surface area (Å²) in [5, 5.41) is 0. The second-order valence-corrected chi connectivity index (χ2v) is 2.88. The van der Waals surface area contributed by atoms with Crippen LogP contribution in [0.4, 0.5) is 0 Å². The van der Waals surface area contributed by atoms with Gasteiger partial charge in [0.05, 0.1) is 0 Å². The summed E-state index contributed by atoms with van der Waals surface area (Å²) in [5.74, 6) is 0. The Hall–Kier alpha value is -1.11. The Kier molecular flexibility index (Phi) is 20.7. The van der Waals surface area contributed by atoms with Crippen LogP contribution in [0.15, 0.2) is 35.5 Å². The van der Waals surface area contributed by atoms with E-state index < -0.39 is 0 Å². The van der Waals surface area contributed by atoms with Crippen LogP contribution in [0.2, 0.25) is 0 Å². The van der Waals surface area contributed by atoms with E-state index in [1.807, 2.05) is 26.7 Å². The molecule has 0 atom stereocenters. The van der Waals surface area contributed by atoms with Crippen LogP contribution in [0.1, 0.15) is 55.8 Å². The zero-order valence-corrected chi connectivity index (χ0v) is 11.9. The number of carbonyl (C=O) groups excluding carboxylic acids is 1. The van der Waals surface area contributed by atoms with E-state index in [1.54, 1.807) is 0 Å². The van der Waals surface area contributed by atoms with E-state index in [9.17, 15) is 0 Å². The molecule has 16 heavy (non-hydrogen) atoms. The summed E-state index contributed by atoms with van der Waals surface area (Å²) >= 11 is 0. The van der Waals surface area contributed by atoms with E-state index in [1.165, 1.54) is 16.7 Å². The van der Waals surface area contributed by atoms with Gasteiger partial charge in [0, 0.05) is 1.43 Å². The molecule has 0 aliphatic heterocycles. The summed E-state index contributed by atoms with van der Waals surface area (Å²) < 4.78 is 0. The lowest BCUT2D eigenvalue weighted by Crippen LogP contribution is -1.88. The van der Waals surface area contributed by atoms with Crippen LogP contribution < -0.4 is 0 Å². The maximum Gasteiger partial charge on any atom is 0.106 e. The highest BCUT2D eigenvalue weighted by molar-refractivity contribution is 5.37. The van der Waals surface area contributed by atoms with Gasteiger partial charge in [-0.25, -0.2) is 0 Å². The highest BCUT2D eigenvalue weighted by atomic mass is 16.1. The van der Waals surface area contributed by atoms with Gasteiger partial charge in [0.25, 0.3) is 0 Å². The van der Waals surface area contributed by atoms with Gasteiger partial charge in [0.1, 0.15) is 6.79 Å². The van der Waals surface area contributed by atoms with Crippen LogP contribution in [0.25, 0.3) is 0 Å². The number of hydrogen-bond donors (Lipinski definition) is 0. The van der Waals surface area contributed by atoms with Gasteiger partial charge >= 0.3 is 0 Å². The van der Waals surface area contributed by atoms with Crippen molar-refractivity contribution in [2.75, 3.05) is 0 Å². The quantitative estimate of drug-likeness (QED) is 0.591. The molecule has 96 valence electrons. The molecule has 0 bridgehead atoms. The van der Waals surface area contributed by atoms with Crippen molar-refractivity contribution in [3.8, 4) is 0 Å². The first-order valence-electron chi connectivity index (χ1n) is 5.97. The van der Waals surface area contributed by atoms with E-state index in [0.29, 0.717) is 0 Å². The Labute approximate surface area is 103 Å². The molecule has 0 aromatic heterocycles. The monoisotopic (exact) mass is 226 g/mol. The highest BCUT2D eigenvalue weighted by Crippen LogP contribution is 2.19. The molecule has 0 heterocycles. The van der Waals surface area contributed by atoms with Crippen molar-refractivity contribution < 1.29 is 6.22 Å². The number of rotatable bonds is 4. The molecule has 0 saturated heterocycles. The molecule has 0 aliphatic rings. The minimum absolute atomic E-state index is 0. The van der Waals surface area contributed by atoms with Crippen LogP contribution in [-0.2, 0) is 4.79 Å². The van der Waals surface area contributed by atoms with Gasteiger partial charge in [-0.3, -0.25) is 0 Å². The van der Waals surface area contributed by atoms with Crippen molar-refractivity contribution in [3.63, 3.8) is 0 Å². The molecule has 0 unspecified atom stereocenters. The Balaban J connectivity index is -0.000000152. The van der Waals surface area contributed by atoms with E-state index in [4.69, 9.17) is 4.79 Å². The molecule has 0 aromatic rings. The topological polar surface area (TPSA) is 17.1 Å². The zero-order valence-electron chi connectivity index (χ0n) is 11.9. The summed E-state index contributed by atoms with van der Waals surface area (Å²) in [5.41, 5.74) is 4.20. The van der Waals surface area contributed by atoms with Gasteiger partial charge in [0.2, 0.25) is 0 Å². The van der Waals surface area contributed by atoms with Crippen molar-refractivity contribution in [1.82, 2.24) is 0 Å². The Morgan fingerprint density at radius 1 is 1.19 bits per heavy atom. The van der Waals surface area contributed by atoms with Crippen molar-refractivity contribution >= 4 is 6.79 Å². The van der Waals surface area contributed by atoms with E-state index in [2.05, 4.69) is 40.3 Å². The van der Waals surface area contributed by atoms with E-state index >= 15 is 0 Å². The normalized spacial score (nSPS) is 11.2. The minimum atomic E-state index is 0. The molecular formula is C15H30O. The summed E-state index contributed by atoms with van der Waals surface area (Å²) in [7, 11) is 0. The largest absolute Gasteiger partial charge is 0.307 e. The number of hydrogen-bond acceptors (Lipinski definition) is 1. The van der Waals surface area contributed by atoms with Gasteiger partial charge in [-0.1, -0.05) is 46.4 Å². The smallest absolute Gasteiger partial charge is 0.106 e. The van der Waals surface area contributed by atoms with Gasteiger partial charge in [-0.05, 0) is 43.4 Å². The maximum absolute atomic E-state index is 8.00. The minimum Gasteiger partial charge on any atom is -0.307 e. The van der Waals surface area contributed by atoms with Gasteiger partial charge < -0.3 is 4.79 Å². The van der Waals surface area contributed by atoms with Gasteiger partial charge in [-0.2, -0.15) is 0 Å². The number of allylic oxidation sites excluding steroid dienone is 5. The lowest BCUT2D eigenvalue weighted by molar-refractivity contribution is -0.0979. The molecule has 0 spiro atoms. The van der Waals surface area contributed by atoms with Crippen LogP contribution in [0.5, 0.6) is 0 Å². The molecule has 0 rings (SSSR count). The average Bonchev–Trinajstić information content (AvgIpc) is 2.37. The Morgan fingerprint density at radius 3 is 1.81 bits per heavy atom. The molecule has 0 radical (unpaired) electrons. The predicted molar refractivity (Wildman–Crippen MR) is 77.8 cm³/mol. The summed E-state index contributed by atoms with van der Waals surface area (Å²) in [6.45, 7) is 18.5. The van der Waals surface area contributed by atoms with Crippen molar-refractivity contribution in [2.24, 2.45) is 0 Å². The van der Waals surface area contributed by atoms with Crippen LogP contribution in [0.3, 0.4) is 0 Å². The zero-order chi connectivity index (χ0) is 13.6. The molecule has 0 N–H and O–H groups in total. The third-order valence-electron chi connectivity index (χ3n) is 2.32. The molecule has 0 fully saturated rings. The van der Waals surface area contributed by atoms with Crippen molar-refractivity contribution in [3.05, 3.63) is 35.5 Å². The lowest BCUT2D eigenvalue weighted by Gasteiger charge is -2.08. The predicted octanol–water partition coefficient (Wildman–Crippen LogP) is 5.34. The fourth-order valence-corrected chi connectivity index (χ4v) is 1.45. The Bertz CT molecular complexity index is 227. The Morgan fingerprint density at radius 2 is 1.62 bits per heavy atom. The summed E-state index contributed by atoms with van der Waals surface area (Å²) in [6, 6.07) is 0. The van der Waals surface area contributed by atoms with Crippen molar-refractivity contribution in [1.29, 1.82) is 0 Å². The highest BCUT2D eigenvalue weighted by Gasteiger charge is 1.99. The molecular weight excluding hydrogens is 196 g/mol.